The average Bonchev–Trinajstić information content (AvgIpc) is 2.62. The van der Waals surface area contributed by atoms with Gasteiger partial charge in [0.1, 0.15) is 5.75 Å². The van der Waals surface area contributed by atoms with Gasteiger partial charge in [-0.3, -0.25) is 9.59 Å². The minimum absolute atomic E-state index is 0.0904. The van der Waals surface area contributed by atoms with Gasteiger partial charge >= 0.3 is 0 Å². The van der Waals surface area contributed by atoms with Crippen LogP contribution in [-0.4, -0.2) is 16.7 Å². The number of rotatable bonds is 2. The predicted molar refractivity (Wildman–Crippen MR) is 95.9 cm³/mol. The fraction of sp³-hybridized carbons (Fsp3) is 0.0476. The molecule has 0 saturated carbocycles. The Morgan fingerprint density at radius 1 is 0.760 bits per heavy atom. The Balaban J connectivity index is 1.85. The van der Waals surface area contributed by atoms with Gasteiger partial charge < -0.3 is 10.4 Å². The molecular formula is C21H15NO3. The normalized spacial score (nSPS) is 12.5. The predicted octanol–water partition coefficient (Wildman–Crippen LogP) is 4.22. The molecule has 3 aromatic carbocycles. The highest BCUT2D eigenvalue weighted by Crippen LogP contribution is 2.35. The number of aromatic hydroxyl groups is 1. The van der Waals surface area contributed by atoms with Crippen molar-refractivity contribution in [2.24, 2.45) is 0 Å². The van der Waals surface area contributed by atoms with Crippen LogP contribution in [0.4, 0.5) is 11.4 Å². The number of carbonyl (C=O) groups is 2. The van der Waals surface area contributed by atoms with Crippen molar-refractivity contribution >= 4 is 22.9 Å². The van der Waals surface area contributed by atoms with E-state index in [0.29, 0.717) is 33.6 Å². The maximum atomic E-state index is 12.9. The zero-order chi connectivity index (χ0) is 17.6. The van der Waals surface area contributed by atoms with Crippen molar-refractivity contribution in [3.05, 3.63) is 88.5 Å². The van der Waals surface area contributed by atoms with Crippen molar-refractivity contribution in [3.8, 4) is 5.75 Å². The van der Waals surface area contributed by atoms with Crippen molar-refractivity contribution in [2.75, 3.05) is 5.32 Å². The van der Waals surface area contributed by atoms with Crippen LogP contribution >= 0.6 is 0 Å². The molecule has 2 N–H and O–H groups in total. The monoisotopic (exact) mass is 329 g/mol. The number of hydrogen-bond donors (Lipinski definition) is 2. The summed E-state index contributed by atoms with van der Waals surface area (Å²) >= 11 is 0. The Morgan fingerprint density at radius 3 is 2.16 bits per heavy atom. The second-order valence-corrected chi connectivity index (χ2v) is 6.08. The highest BCUT2D eigenvalue weighted by atomic mass is 16.3. The first-order valence-electron chi connectivity index (χ1n) is 7.94. The fourth-order valence-electron chi connectivity index (χ4n) is 3.14. The lowest BCUT2D eigenvalue weighted by molar-refractivity contribution is 0.0979. The number of phenolic OH excluding ortho intramolecular Hbond substituents is 1. The number of ketones is 2. The van der Waals surface area contributed by atoms with Gasteiger partial charge in [-0.2, -0.15) is 0 Å². The van der Waals surface area contributed by atoms with Crippen LogP contribution in [0.2, 0.25) is 0 Å². The number of carbonyl (C=O) groups excluding carboxylic acids is 2. The number of benzene rings is 3. The summed E-state index contributed by atoms with van der Waals surface area (Å²) in [4.78, 5) is 25.7. The van der Waals surface area contributed by atoms with Crippen LogP contribution in [-0.2, 0) is 0 Å². The van der Waals surface area contributed by atoms with Gasteiger partial charge in [0.15, 0.2) is 11.6 Å². The van der Waals surface area contributed by atoms with Gasteiger partial charge in [0, 0.05) is 16.7 Å². The SMILES string of the molecule is Cc1ccc(Nc2cccc3c2C(=O)c2ccccc2C3=O)c(O)c1. The molecule has 0 unspecified atom stereocenters. The van der Waals surface area contributed by atoms with Crippen molar-refractivity contribution in [1.29, 1.82) is 0 Å². The third kappa shape index (κ3) is 2.39. The van der Waals surface area contributed by atoms with Crippen LogP contribution in [0.3, 0.4) is 0 Å². The molecule has 0 spiro atoms. The minimum atomic E-state index is -0.195. The number of aryl methyl sites for hydroxylation is 1. The van der Waals surface area contributed by atoms with E-state index in [4.69, 9.17) is 0 Å². The van der Waals surface area contributed by atoms with E-state index in [1.54, 1.807) is 54.6 Å². The Hall–Kier alpha value is -3.40. The van der Waals surface area contributed by atoms with Gasteiger partial charge in [0.2, 0.25) is 0 Å². The van der Waals surface area contributed by atoms with E-state index < -0.39 is 0 Å². The van der Waals surface area contributed by atoms with Crippen molar-refractivity contribution < 1.29 is 14.7 Å². The summed E-state index contributed by atoms with van der Waals surface area (Å²) in [6, 6.07) is 17.2. The Kier molecular flexibility index (Phi) is 3.39. The number of phenols is 1. The summed E-state index contributed by atoms with van der Waals surface area (Å²) in [6.45, 7) is 1.88. The van der Waals surface area contributed by atoms with Crippen LogP contribution in [0.1, 0.15) is 37.4 Å². The van der Waals surface area contributed by atoms with E-state index in [1.807, 2.05) is 13.0 Å². The Bertz CT molecular complexity index is 1040. The standard InChI is InChI=1S/C21H15NO3/c1-12-9-10-16(18(23)11-12)22-17-8-4-7-15-19(17)21(25)14-6-3-2-5-13(14)20(15)24/h2-11,22-23H,1H3. The van der Waals surface area contributed by atoms with Gasteiger partial charge in [-0.05, 0) is 30.7 Å². The first-order valence-corrected chi connectivity index (χ1v) is 7.94. The molecule has 4 rings (SSSR count). The first-order chi connectivity index (χ1) is 12.1. The molecule has 0 amide bonds. The molecule has 1 aliphatic carbocycles. The second kappa shape index (κ2) is 5.60. The molecule has 122 valence electrons. The summed E-state index contributed by atoms with van der Waals surface area (Å²) in [5.74, 6) is -0.269. The lowest BCUT2D eigenvalue weighted by Gasteiger charge is -2.21. The van der Waals surface area contributed by atoms with Gasteiger partial charge in [-0.1, -0.05) is 42.5 Å². The highest BCUT2D eigenvalue weighted by molar-refractivity contribution is 6.30. The molecule has 0 bridgehead atoms. The lowest BCUT2D eigenvalue weighted by atomic mass is 9.83. The molecule has 4 heteroatoms. The second-order valence-electron chi connectivity index (χ2n) is 6.08. The Morgan fingerprint density at radius 2 is 1.44 bits per heavy atom. The van der Waals surface area contributed by atoms with Crippen molar-refractivity contribution in [2.45, 2.75) is 6.92 Å². The molecule has 3 aromatic rings. The lowest BCUT2D eigenvalue weighted by Crippen LogP contribution is -2.22. The molecule has 4 nitrogen and oxygen atoms in total. The largest absolute Gasteiger partial charge is 0.506 e. The van der Waals surface area contributed by atoms with Crippen LogP contribution < -0.4 is 5.32 Å². The quantitative estimate of drug-likeness (QED) is 0.540. The molecule has 1 aliphatic rings. The molecule has 0 aliphatic heterocycles. The number of anilines is 2. The third-order valence-corrected chi connectivity index (χ3v) is 4.38. The van der Waals surface area contributed by atoms with E-state index in [1.165, 1.54) is 0 Å². The average molecular weight is 329 g/mol. The Labute approximate surface area is 144 Å². The van der Waals surface area contributed by atoms with Gasteiger partial charge in [-0.25, -0.2) is 0 Å². The molecule has 0 atom stereocenters. The van der Waals surface area contributed by atoms with Gasteiger partial charge in [-0.15, -0.1) is 0 Å². The fourth-order valence-corrected chi connectivity index (χ4v) is 3.14. The van der Waals surface area contributed by atoms with E-state index in [2.05, 4.69) is 5.32 Å². The van der Waals surface area contributed by atoms with Crippen molar-refractivity contribution in [1.82, 2.24) is 0 Å². The molecule has 0 radical (unpaired) electrons. The van der Waals surface area contributed by atoms with Gasteiger partial charge in [0.05, 0.1) is 16.9 Å². The maximum absolute atomic E-state index is 12.9. The van der Waals surface area contributed by atoms with E-state index in [0.717, 1.165) is 5.56 Å². The summed E-state index contributed by atoms with van der Waals surface area (Å²) in [5, 5.41) is 13.2. The van der Waals surface area contributed by atoms with E-state index in [9.17, 15) is 14.7 Å². The summed E-state index contributed by atoms with van der Waals surface area (Å²) in [5.41, 5.74) is 3.46. The smallest absolute Gasteiger partial charge is 0.196 e. The summed E-state index contributed by atoms with van der Waals surface area (Å²) in [6.07, 6.45) is 0. The van der Waals surface area contributed by atoms with E-state index >= 15 is 0 Å². The molecule has 0 heterocycles. The highest BCUT2D eigenvalue weighted by Gasteiger charge is 2.31. The molecular weight excluding hydrogens is 314 g/mol. The topological polar surface area (TPSA) is 66.4 Å². The zero-order valence-corrected chi connectivity index (χ0v) is 13.5. The van der Waals surface area contributed by atoms with Crippen LogP contribution in [0.15, 0.2) is 60.7 Å². The molecule has 25 heavy (non-hydrogen) atoms. The first kappa shape index (κ1) is 15.1. The maximum Gasteiger partial charge on any atom is 0.196 e. The summed E-state index contributed by atoms with van der Waals surface area (Å²) in [7, 11) is 0. The number of fused-ring (bicyclic) bond motifs is 2. The number of hydrogen-bond acceptors (Lipinski definition) is 4. The summed E-state index contributed by atoms with van der Waals surface area (Å²) < 4.78 is 0. The van der Waals surface area contributed by atoms with Crippen LogP contribution in [0, 0.1) is 6.92 Å². The zero-order valence-electron chi connectivity index (χ0n) is 13.5. The van der Waals surface area contributed by atoms with Crippen LogP contribution in [0.25, 0.3) is 0 Å². The molecule has 0 aromatic heterocycles. The molecule has 0 saturated heterocycles. The van der Waals surface area contributed by atoms with E-state index in [-0.39, 0.29) is 17.3 Å². The van der Waals surface area contributed by atoms with Crippen molar-refractivity contribution in [3.63, 3.8) is 0 Å². The van der Waals surface area contributed by atoms with Crippen LogP contribution in [0.5, 0.6) is 5.75 Å². The number of nitrogens with one attached hydrogen (secondary N) is 1. The van der Waals surface area contributed by atoms with Gasteiger partial charge in [0.25, 0.3) is 0 Å². The third-order valence-electron chi connectivity index (χ3n) is 4.38. The molecule has 0 fully saturated rings. The minimum Gasteiger partial charge on any atom is -0.506 e.